The van der Waals surface area contributed by atoms with E-state index in [2.05, 4.69) is 12.2 Å². The maximum Gasteiger partial charge on any atom is 0.250 e. The second kappa shape index (κ2) is 7.25. The van der Waals surface area contributed by atoms with Gasteiger partial charge in [-0.2, -0.15) is 0 Å². The Kier molecular flexibility index (Phi) is 4.88. The molecule has 0 radical (unpaired) electrons. The van der Waals surface area contributed by atoms with Crippen molar-refractivity contribution in [3.8, 4) is 5.75 Å². The lowest BCUT2D eigenvalue weighted by Crippen LogP contribution is -2.43. The maximum atomic E-state index is 12.5. The van der Waals surface area contributed by atoms with E-state index in [1.807, 2.05) is 29.2 Å². The number of hydrogen-bond donors (Lipinski definition) is 2. The fraction of sp³-hybridized carbons (Fsp3) is 0.263. The Labute approximate surface area is 146 Å². The van der Waals surface area contributed by atoms with E-state index < -0.39 is 5.91 Å². The lowest BCUT2D eigenvalue weighted by molar-refractivity contribution is -0.115. The highest BCUT2D eigenvalue weighted by Gasteiger charge is 2.26. The van der Waals surface area contributed by atoms with Crippen LogP contribution in [-0.2, 0) is 4.79 Å². The van der Waals surface area contributed by atoms with Gasteiger partial charge in [0, 0.05) is 0 Å². The van der Waals surface area contributed by atoms with Gasteiger partial charge in [0.1, 0.15) is 11.9 Å². The second-order valence-corrected chi connectivity index (χ2v) is 5.95. The van der Waals surface area contributed by atoms with Crippen LogP contribution in [0.25, 0.3) is 0 Å². The highest BCUT2D eigenvalue weighted by molar-refractivity contribution is 6.03. The topological polar surface area (TPSA) is 84.7 Å². The number of fused-ring (bicyclic) bond motifs is 1. The van der Waals surface area contributed by atoms with Crippen LogP contribution in [0.1, 0.15) is 23.7 Å². The molecule has 3 N–H and O–H groups in total. The number of carbonyl (C=O) groups excluding carboxylic acids is 2. The average molecular weight is 339 g/mol. The van der Waals surface area contributed by atoms with Gasteiger partial charge in [0.2, 0.25) is 5.91 Å². The molecule has 2 aromatic rings. The molecule has 0 spiro atoms. The van der Waals surface area contributed by atoms with Gasteiger partial charge in [0.25, 0.3) is 5.91 Å². The molecule has 1 heterocycles. The van der Waals surface area contributed by atoms with E-state index in [1.165, 1.54) is 0 Å². The van der Waals surface area contributed by atoms with Gasteiger partial charge in [-0.15, -0.1) is 0 Å². The number of rotatable bonds is 5. The predicted octanol–water partition coefficient (Wildman–Crippen LogP) is 2.40. The van der Waals surface area contributed by atoms with Crippen LogP contribution < -0.4 is 20.7 Å². The zero-order chi connectivity index (χ0) is 17.8. The summed E-state index contributed by atoms with van der Waals surface area (Å²) in [7, 11) is 0. The summed E-state index contributed by atoms with van der Waals surface area (Å²) >= 11 is 0. The summed E-state index contributed by atoms with van der Waals surface area (Å²) in [4.78, 5) is 26.0. The minimum atomic E-state index is -0.571. The average Bonchev–Trinajstić information content (AvgIpc) is 2.61. The molecule has 25 heavy (non-hydrogen) atoms. The molecule has 6 nitrogen and oxygen atoms in total. The first-order chi connectivity index (χ1) is 12.1. The van der Waals surface area contributed by atoms with E-state index in [0.29, 0.717) is 17.8 Å². The third-order valence-electron chi connectivity index (χ3n) is 4.18. The van der Waals surface area contributed by atoms with Gasteiger partial charge in [-0.05, 0) is 30.7 Å². The molecule has 0 saturated carbocycles. The molecule has 2 amide bonds. The van der Waals surface area contributed by atoms with Crippen LogP contribution in [-0.4, -0.2) is 31.0 Å². The van der Waals surface area contributed by atoms with Crippen LogP contribution in [0.2, 0.25) is 0 Å². The van der Waals surface area contributed by atoms with Gasteiger partial charge in [0.15, 0.2) is 0 Å². The number of anilines is 2. The lowest BCUT2D eigenvalue weighted by atomic mass is 10.1. The number of para-hydroxylation sites is 3. The van der Waals surface area contributed by atoms with Crippen molar-refractivity contribution in [1.29, 1.82) is 0 Å². The molecule has 0 fully saturated rings. The predicted molar refractivity (Wildman–Crippen MR) is 97.0 cm³/mol. The molecular weight excluding hydrogens is 318 g/mol. The van der Waals surface area contributed by atoms with Crippen LogP contribution in [0.3, 0.4) is 0 Å². The van der Waals surface area contributed by atoms with E-state index in [-0.39, 0.29) is 18.6 Å². The third kappa shape index (κ3) is 3.74. The first-order valence-electron chi connectivity index (χ1n) is 8.27. The van der Waals surface area contributed by atoms with Gasteiger partial charge in [-0.1, -0.05) is 31.2 Å². The minimum Gasteiger partial charge on any atom is -0.486 e. The van der Waals surface area contributed by atoms with Crippen molar-refractivity contribution in [3.63, 3.8) is 0 Å². The van der Waals surface area contributed by atoms with E-state index >= 15 is 0 Å². The number of nitrogens with two attached hydrogens (primary N) is 1. The molecule has 1 unspecified atom stereocenters. The number of benzene rings is 2. The van der Waals surface area contributed by atoms with Crippen molar-refractivity contribution >= 4 is 23.2 Å². The monoisotopic (exact) mass is 339 g/mol. The van der Waals surface area contributed by atoms with Crippen molar-refractivity contribution in [2.24, 2.45) is 5.73 Å². The fourth-order valence-corrected chi connectivity index (χ4v) is 2.91. The molecule has 0 saturated heterocycles. The molecule has 0 aromatic heterocycles. The summed E-state index contributed by atoms with van der Waals surface area (Å²) < 4.78 is 5.93. The summed E-state index contributed by atoms with van der Waals surface area (Å²) in [6.07, 6.45) is 0.900. The fourth-order valence-electron chi connectivity index (χ4n) is 2.91. The van der Waals surface area contributed by atoms with Crippen molar-refractivity contribution in [1.82, 2.24) is 0 Å². The van der Waals surface area contributed by atoms with Crippen LogP contribution in [0.15, 0.2) is 48.5 Å². The number of hydrogen-bond acceptors (Lipinski definition) is 4. The van der Waals surface area contributed by atoms with Crippen LogP contribution in [0, 0.1) is 0 Å². The summed E-state index contributed by atoms with van der Waals surface area (Å²) in [5.41, 5.74) is 6.97. The van der Waals surface area contributed by atoms with Gasteiger partial charge in [0.05, 0.1) is 30.0 Å². The maximum absolute atomic E-state index is 12.5. The van der Waals surface area contributed by atoms with Gasteiger partial charge < -0.3 is 20.7 Å². The Balaban J connectivity index is 1.76. The molecule has 3 rings (SSSR count). The summed E-state index contributed by atoms with van der Waals surface area (Å²) in [5, 5.41) is 2.78. The Morgan fingerprint density at radius 2 is 1.92 bits per heavy atom. The zero-order valence-electron chi connectivity index (χ0n) is 14.1. The van der Waals surface area contributed by atoms with E-state index in [9.17, 15) is 9.59 Å². The highest BCUT2D eigenvalue weighted by Crippen LogP contribution is 2.33. The number of nitrogens with zero attached hydrogens (tertiary/aromatic N) is 1. The van der Waals surface area contributed by atoms with Crippen molar-refractivity contribution in [3.05, 3.63) is 54.1 Å². The number of amides is 2. The highest BCUT2D eigenvalue weighted by atomic mass is 16.5. The zero-order valence-corrected chi connectivity index (χ0v) is 14.1. The number of ether oxygens (including phenoxy) is 1. The molecular formula is C19H21N3O3. The Bertz CT molecular complexity index is 791. The number of carbonyl (C=O) groups is 2. The first-order valence-corrected chi connectivity index (χ1v) is 8.27. The SMILES string of the molecule is CCC1CN(CC(=O)Nc2ccccc2C(N)=O)c2ccccc2O1. The molecule has 0 bridgehead atoms. The molecule has 2 aromatic carbocycles. The Morgan fingerprint density at radius 3 is 2.68 bits per heavy atom. The van der Waals surface area contributed by atoms with Crippen LogP contribution >= 0.6 is 0 Å². The largest absolute Gasteiger partial charge is 0.486 e. The first kappa shape index (κ1) is 16.8. The molecule has 130 valence electrons. The van der Waals surface area contributed by atoms with Gasteiger partial charge in [-0.25, -0.2) is 0 Å². The standard InChI is InChI=1S/C19H21N3O3/c1-2-13-11-22(16-9-5-6-10-17(16)25-13)12-18(23)21-15-8-4-3-7-14(15)19(20)24/h3-10,13H,2,11-12H2,1H3,(H2,20,24)(H,21,23). The van der Waals surface area contributed by atoms with E-state index in [1.54, 1.807) is 24.3 Å². The molecule has 1 aliphatic heterocycles. The van der Waals surface area contributed by atoms with E-state index in [0.717, 1.165) is 17.9 Å². The smallest absolute Gasteiger partial charge is 0.250 e. The van der Waals surface area contributed by atoms with Crippen LogP contribution in [0.5, 0.6) is 5.75 Å². The second-order valence-electron chi connectivity index (χ2n) is 5.95. The number of nitrogens with one attached hydrogen (secondary N) is 1. The van der Waals surface area contributed by atoms with Crippen LogP contribution in [0.4, 0.5) is 11.4 Å². The van der Waals surface area contributed by atoms with E-state index in [4.69, 9.17) is 10.5 Å². The number of primary amides is 1. The molecule has 0 aliphatic carbocycles. The Morgan fingerprint density at radius 1 is 1.20 bits per heavy atom. The Hall–Kier alpha value is -3.02. The summed E-state index contributed by atoms with van der Waals surface area (Å²) in [5.74, 6) is 0.00450. The minimum absolute atomic E-state index is 0.0422. The van der Waals surface area contributed by atoms with Crippen molar-refractivity contribution in [2.45, 2.75) is 19.4 Å². The summed E-state index contributed by atoms with van der Waals surface area (Å²) in [6.45, 7) is 2.86. The summed E-state index contributed by atoms with van der Waals surface area (Å²) in [6, 6.07) is 14.4. The van der Waals surface area contributed by atoms with Crippen molar-refractivity contribution < 1.29 is 14.3 Å². The molecule has 1 aliphatic rings. The van der Waals surface area contributed by atoms with Gasteiger partial charge >= 0.3 is 0 Å². The normalized spacial score (nSPS) is 15.9. The third-order valence-corrected chi connectivity index (χ3v) is 4.18. The van der Waals surface area contributed by atoms with Crippen molar-refractivity contribution in [2.75, 3.05) is 23.3 Å². The quantitative estimate of drug-likeness (QED) is 0.876. The molecule has 6 heteroatoms. The molecule has 1 atom stereocenters. The van der Waals surface area contributed by atoms with Gasteiger partial charge in [-0.3, -0.25) is 9.59 Å². The lowest BCUT2D eigenvalue weighted by Gasteiger charge is -2.35.